The van der Waals surface area contributed by atoms with Crippen molar-refractivity contribution >= 4 is 17.2 Å². The van der Waals surface area contributed by atoms with Crippen molar-refractivity contribution in [2.75, 3.05) is 0 Å². The first-order valence-corrected chi connectivity index (χ1v) is 9.27. The molecule has 3 rings (SSSR count). The second-order valence-electron chi connectivity index (χ2n) is 5.95. The summed E-state index contributed by atoms with van der Waals surface area (Å²) in [6.07, 6.45) is 5.74. The first-order valence-electron chi connectivity index (χ1n) is 8.45. The maximum absolute atomic E-state index is 12.5. The number of nitrogens with zero attached hydrogens (tertiary/aromatic N) is 3. The molecule has 0 spiro atoms. The van der Waals surface area contributed by atoms with Crippen LogP contribution in [0.15, 0.2) is 42.7 Å². The predicted molar refractivity (Wildman–Crippen MR) is 99.8 cm³/mol. The second-order valence-corrected chi connectivity index (χ2v) is 7.12. The fourth-order valence-electron chi connectivity index (χ4n) is 2.63. The van der Waals surface area contributed by atoms with Crippen molar-refractivity contribution in [3.63, 3.8) is 0 Å². The number of amides is 1. The molecule has 0 aliphatic rings. The molecular formula is C19H22N4OS. The summed E-state index contributed by atoms with van der Waals surface area (Å²) in [7, 11) is 0. The summed E-state index contributed by atoms with van der Waals surface area (Å²) in [5.41, 5.74) is 2.73. The Hall–Kier alpha value is -2.47. The van der Waals surface area contributed by atoms with Gasteiger partial charge >= 0.3 is 0 Å². The zero-order valence-corrected chi connectivity index (χ0v) is 15.3. The van der Waals surface area contributed by atoms with Crippen molar-refractivity contribution in [2.24, 2.45) is 0 Å². The highest BCUT2D eigenvalue weighted by Gasteiger charge is 2.10. The van der Waals surface area contributed by atoms with E-state index in [-0.39, 0.29) is 5.91 Å². The van der Waals surface area contributed by atoms with Crippen LogP contribution in [0.5, 0.6) is 0 Å². The number of carbonyl (C=O) groups excluding carboxylic acids is 1. The van der Waals surface area contributed by atoms with E-state index in [1.54, 1.807) is 17.5 Å². The highest BCUT2D eigenvalue weighted by atomic mass is 32.1. The minimum absolute atomic E-state index is 0.0628. The van der Waals surface area contributed by atoms with Crippen molar-refractivity contribution in [2.45, 2.75) is 39.8 Å². The smallest absolute Gasteiger partial charge is 0.251 e. The van der Waals surface area contributed by atoms with Crippen LogP contribution in [0, 0.1) is 6.92 Å². The lowest BCUT2D eigenvalue weighted by molar-refractivity contribution is 0.0951. The number of aromatic nitrogens is 3. The van der Waals surface area contributed by atoms with E-state index in [4.69, 9.17) is 0 Å². The average molecular weight is 354 g/mol. The third-order valence-corrected chi connectivity index (χ3v) is 5.12. The molecule has 0 bridgehead atoms. The minimum atomic E-state index is -0.0628. The van der Waals surface area contributed by atoms with Crippen LogP contribution in [0.2, 0.25) is 0 Å². The van der Waals surface area contributed by atoms with Crippen molar-refractivity contribution in [1.29, 1.82) is 0 Å². The lowest BCUT2D eigenvalue weighted by Crippen LogP contribution is -2.22. The zero-order valence-electron chi connectivity index (χ0n) is 14.5. The number of benzene rings is 1. The van der Waals surface area contributed by atoms with Crippen molar-refractivity contribution in [1.82, 2.24) is 20.1 Å². The number of rotatable bonds is 7. The molecule has 130 valence electrons. The summed E-state index contributed by atoms with van der Waals surface area (Å²) in [5, 5.41) is 8.35. The molecular weight excluding hydrogens is 332 g/mol. The van der Waals surface area contributed by atoms with E-state index in [1.807, 2.05) is 48.1 Å². The Kier molecular flexibility index (Phi) is 5.60. The van der Waals surface area contributed by atoms with Gasteiger partial charge in [0.2, 0.25) is 0 Å². The molecule has 6 heteroatoms. The molecule has 2 heterocycles. The Morgan fingerprint density at radius 2 is 2.20 bits per heavy atom. The van der Waals surface area contributed by atoms with Gasteiger partial charge < -0.3 is 5.32 Å². The van der Waals surface area contributed by atoms with Crippen molar-refractivity contribution < 1.29 is 4.79 Å². The van der Waals surface area contributed by atoms with Crippen LogP contribution in [0.3, 0.4) is 0 Å². The Morgan fingerprint density at radius 1 is 1.32 bits per heavy atom. The maximum Gasteiger partial charge on any atom is 0.251 e. The maximum atomic E-state index is 12.5. The molecule has 25 heavy (non-hydrogen) atoms. The fraction of sp³-hybridized carbons (Fsp3) is 0.316. The van der Waals surface area contributed by atoms with E-state index in [0.29, 0.717) is 18.7 Å². The molecule has 0 fully saturated rings. The fourth-order valence-corrected chi connectivity index (χ4v) is 3.74. The molecule has 3 aromatic rings. The predicted octanol–water partition coefficient (Wildman–Crippen LogP) is 3.58. The molecule has 1 N–H and O–H groups in total. The largest absolute Gasteiger partial charge is 0.347 e. The van der Waals surface area contributed by atoms with Crippen LogP contribution in [0.4, 0.5) is 0 Å². The van der Waals surface area contributed by atoms with Crippen molar-refractivity contribution in [3.8, 4) is 0 Å². The molecule has 0 saturated heterocycles. The van der Waals surface area contributed by atoms with Gasteiger partial charge in [0.05, 0.1) is 23.8 Å². The second kappa shape index (κ2) is 8.07. The average Bonchev–Trinajstić information content (AvgIpc) is 3.23. The molecule has 0 radical (unpaired) electrons. The quantitative estimate of drug-likeness (QED) is 0.705. The van der Waals surface area contributed by atoms with Crippen LogP contribution in [-0.2, 0) is 19.5 Å². The number of hydrogen-bond donors (Lipinski definition) is 1. The van der Waals surface area contributed by atoms with E-state index in [2.05, 4.69) is 22.3 Å². The molecule has 2 aromatic heterocycles. The molecule has 0 atom stereocenters. The van der Waals surface area contributed by atoms with E-state index in [0.717, 1.165) is 34.0 Å². The normalized spacial score (nSPS) is 10.8. The van der Waals surface area contributed by atoms with Gasteiger partial charge in [0.25, 0.3) is 5.91 Å². The monoisotopic (exact) mass is 354 g/mol. The van der Waals surface area contributed by atoms with E-state index in [9.17, 15) is 4.79 Å². The number of thiazole rings is 1. The summed E-state index contributed by atoms with van der Waals surface area (Å²) in [6, 6.07) is 9.55. The Bertz CT molecular complexity index is 839. The van der Waals surface area contributed by atoms with Gasteiger partial charge in [0.15, 0.2) is 0 Å². The molecule has 0 aliphatic carbocycles. The molecule has 0 aliphatic heterocycles. The van der Waals surface area contributed by atoms with Crippen LogP contribution in [0.1, 0.15) is 44.8 Å². The van der Waals surface area contributed by atoms with E-state index in [1.165, 1.54) is 0 Å². The first-order chi connectivity index (χ1) is 12.2. The lowest BCUT2D eigenvalue weighted by atomic mass is 10.1. The summed E-state index contributed by atoms with van der Waals surface area (Å²) in [5.74, 6) is -0.0628. The highest BCUT2D eigenvalue weighted by molar-refractivity contribution is 7.11. The number of aryl methyl sites for hydroxylation is 2. The molecule has 1 aromatic carbocycles. The van der Waals surface area contributed by atoms with Gasteiger partial charge in [-0.25, -0.2) is 4.98 Å². The highest BCUT2D eigenvalue weighted by Crippen LogP contribution is 2.19. The Morgan fingerprint density at radius 3 is 2.96 bits per heavy atom. The van der Waals surface area contributed by atoms with Crippen molar-refractivity contribution in [3.05, 3.63) is 69.4 Å². The van der Waals surface area contributed by atoms with Gasteiger partial charge in [0, 0.05) is 22.8 Å². The van der Waals surface area contributed by atoms with E-state index >= 15 is 0 Å². The molecule has 5 nitrogen and oxygen atoms in total. The number of hydrogen-bond acceptors (Lipinski definition) is 4. The Labute approximate surface area is 151 Å². The van der Waals surface area contributed by atoms with Gasteiger partial charge in [-0.1, -0.05) is 19.1 Å². The Balaban J connectivity index is 1.63. The third-order valence-electron chi connectivity index (χ3n) is 3.90. The zero-order chi connectivity index (χ0) is 17.6. The molecule has 0 unspecified atom stereocenters. The summed E-state index contributed by atoms with van der Waals surface area (Å²) >= 11 is 1.69. The molecule has 1 amide bonds. The van der Waals surface area contributed by atoms with Gasteiger partial charge in [-0.15, -0.1) is 11.3 Å². The van der Waals surface area contributed by atoms with Crippen LogP contribution >= 0.6 is 11.3 Å². The summed E-state index contributed by atoms with van der Waals surface area (Å²) in [6.45, 7) is 5.33. The lowest BCUT2D eigenvalue weighted by Gasteiger charge is -2.07. The van der Waals surface area contributed by atoms with Gasteiger partial charge in [0.1, 0.15) is 0 Å². The third kappa shape index (κ3) is 4.54. The standard InChI is InChI=1S/C19H22N4OS/c1-3-6-18-22-14(2)17(25-18)12-20-19(24)16-8-4-7-15(11-16)13-23-10-5-9-21-23/h4-5,7-11H,3,6,12-13H2,1-2H3,(H,20,24). The van der Waals surface area contributed by atoms with Gasteiger partial charge in [-0.05, 0) is 43.5 Å². The topological polar surface area (TPSA) is 59.8 Å². The van der Waals surface area contributed by atoms with Gasteiger partial charge in [-0.2, -0.15) is 5.10 Å². The number of carbonyl (C=O) groups is 1. The van der Waals surface area contributed by atoms with Crippen LogP contribution < -0.4 is 5.32 Å². The first kappa shape index (κ1) is 17.4. The van der Waals surface area contributed by atoms with Crippen LogP contribution in [-0.4, -0.2) is 20.7 Å². The summed E-state index contributed by atoms with van der Waals surface area (Å²) < 4.78 is 1.84. The number of nitrogens with one attached hydrogen (secondary N) is 1. The van der Waals surface area contributed by atoms with Gasteiger partial charge in [-0.3, -0.25) is 9.48 Å². The minimum Gasteiger partial charge on any atom is -0.347 e. The van der Waals surface area contributed by atoms with Crippen LogP contribution in [0.25, 0.3) is 0 Å². The SMILES string of the molecule is CCCc1nc(C)c(CNC(=O)c2cccc(Cn3cccn3)c2)s1. The molecule has 0 saturated carbocycles. The van der Waals surface area contributed by atoms with E-state index < -0.39 is 0 Å². The summed E-state index contributed by atoms with van der Waals surface area (Å²) in [4.78, 5) is 18.2.